The van der Waals surface area contributed by atoms with Crippen LogP contribution in [0.4, 0.5) is 5.69 Å². The Kier molecular flexibility index (Phi) is 5.28. The molecule has 1 N–H and O–H groups in total. The molecule has 0 bridgehead atoms. The Morgan fingerprint density at radius 3 is 2.68 bits per heavy atom. The maximum absolute atomic E-state index is 3.72. The van der Waals surface area contributed by atoms with Crippen molar-refractivity contribution in [3.05, 3.63) is 28.2 Å². The lowest BCUT2D eigenvalue weighted by atomic mass is 9.85. The highest BCUT2D eigenvalue weighted by atomic mass is 79.9. The van der Waals surface area contributed by atoms with E-state index in [9.17, 15) is 0 Å². The average molecular weight is 325 g/mol. The van der Waals surface area contributed by atoms with E-state index < -0.39 is 0 Å². The number of hydrogen-bond acceptors (Lipinski definition) is 2. The van der Waals surface area contributed by atoms with Gasteiger partial charge in [0.1, 0.15) is 0 Å². The second kappa shape index (κ2) is 6.76. The van der Waals surface area contributed by atoms with Crippen LogP contribution in [0, 0.1) is 5.92 Å². The molecule has 0 aromatic heterocycles. The van der Waals surface area contributed by atoms with Gasteiger partial charge in [0, 0.05) is 29.8 Å². The number of hydrogen-bond donors (Lipinski definition) is 1. The van der Waals surface area contributed by atoms with Gasteiger partial charge in [-0.2, -0.15) is 0 Å². The first-order valence-electron chi connectivity index (χ1n) is 7.35. The summed E-state index contributed by atoms with van der Waals surface area (Å²) in [5.41, 5.74) is 2.65. The zero-order valence-corrected chi connectivity index (χ0v) is 13.8. The molecule has 2 rings (SSSR count). The minimum Gasteiger partial charge on any atom is -0.374 e. The summed E-state index contributed by atoms with van der Waals surface area (Å²) in [4.78, 5) is 2.39. The Morgan fingerprint density at radius 2 is 2.16 bits per heavy atom. The van der Waals surface area contributed by atoms with E-state index in [0.717, 1.165) is 12.5 Å². The standard InChI is InChI=1S/C16H25BrN2/c1-4-18-12(2)15-9-8-14(10-16(15)17)19(3)11-13-6-5-7-13/h8-10,12-13,18H,4-7,11H2,1-3H3. The third-order valence-corrected chi connectivity index (χ3v) is 4.85. The van der Waals surface area contributed by atoms with E-state index in [1.807, 2.05) is 0 Å². The molecule has 1 atom stereocenters. The topological polar surface area (TPSA) is 15.3 Å². The molecule has 3 heteroatoms. The first kappa shape index (κ1) is 14.9. The number of halogens is 1. The van der Waals surface area contributed by atoms with Gasteiger partial charge in [0.05, 0.1) is 0 Å². The molecule has 2 nitrogen and oxygen atoms in total. The van der Waals surface area contributed by atoms with Gasteiger partial charge in [-0.3, -0.25) is 0 Å². The maximum Gasteiger partial charge on any atom is 0.0375 e. The van der Waals surface area contributed by atoms with Gasteiger partial charge in [-0.15, -0.1) is 0 Å². The third-order valence-electron chi connectivity index (χ3n) is 4.16. The molecule has 0 amide bonds. The lowest BCUT2D eigenvalue weighted by Gasteiger charge is -2.31. The summed E-state index contributed by atoms with van der Waals surface area (Å²) < 4.78 is 1.21. The van der Waals surface area contributed by atoms with Crippen LogP contribution in [0.2, 0.25) is 0 Å². The molecule has 1 fully saturated rings. The van der Waals surface area contributed by atoms with Gasteiger partial charge in [0.2, 0.25) is 0 Å². The second-order valence-corrected chi connectivity index (χ2v) is 6.52. The molecule has 1 aromatic carbocycles. The first-order chi connectivity index (χ1) is 9.11. The molecule has 1 saturated carbocycles. The van der Waals surface area contributed by atoms with Gasteiger partial charge in [0.15, 0.2) is 0 Å². The number of anilines is 1. The second-order valence-electron chi connectivity index (χ2n) is 5.66. The van der Waals surface area contributed by atoms with Crippen LogP contribution in [0.5, 0.6) is 0 Å². The molecular weight excluding hydrogens is 300 g/mol. The normalized spacial score (nSPS) is 17.1. The van der Waals surface area contributed by atoms with Crippen molar-refractivity contribution in [1.82, 2.24) is 5.32 Å². The van der Waals surface area contributed by atoms with E-state index >= 15 is 0 Å². The van der Waals surface area contributed by atoms with Gasteiger partial charge in [0.25, 0.3) is 0 Å². The average Bonchev–Trinajstić information content (AvgIpc) is 2.33. The minimum absolute atomic E-state index is 0.394. The van der Waals surface area contributed by atoms with Crippen molar-refractivity contribution in [2.24, 2.45) is 5.92 Å². The fourth-order valence-electron chi connectivity index (χ4n) is 2.69. The van der Waals surface area contributed by atoms with Crippen molar-refractivity contribution in [2.75, 3.05) is 25.0 Å². The van der Waals surface area contributed by atoms with Crippen LogP contribution in [0.15, 0.2) is 22.7 Å². The zero-order chi connectivity index (χ0) is 13.8. The molecule has 106 valence electrons. The molecule has 0 aliphatic heterocycles. The molecule has 19 heavy (non-hydrogen) atoms. The predicted molar refractivity (Wildman–Crippen MR) is 86.8 cm³/mol. The van der Waals surface area contributed by atoms with Gasteiger partial charge in [-0.1, -0.05) is 35.3 Å². The van der Waals surface area contributed by atoms with Crippen LogP contribution >= 0.6 is 15.9 Å². The molecule has 1 aliphatic carbocycles. The smallest absolute Gasteiger partial charge is 0.0375 e. The molecule has 1 aromatic rings. The molecule has 0 saturated heterocycles. The number of nitrogens with one attached hydrogen (secondary N) is 1. The lowest BCUT2D eigenvalue weighted by Crippen LogP contribution is -2.29. The Bertz CT molecular complexity index is 415. The Labute approximate surface area is 125 Å². The molecule has 0 radical (unpaired) electrons. The largest absolute Gasteiger partial charge is 0.374 e. The highest BCUT2D eigenvalue weighted by Crippen LogP contribution is 2.31. The minimum atomic E-state index is 0.394. The Hall–Kier alpha value is -0.540. The van der Waals surface area contributed by atoms with Crippen LogP contribution in [0.25, 0.3) is 0 Å². The van der Waals surface area contributed by atoms with Crippen molar-refractivity contribution >= 4 is 21.6 Å². The van der Waals surface area contributed by atoms with Gasteiger partial charge < -0.3 is 10.2 Å². The Balaban J connectivity index is 2.04. The van der Waals surface area contributed by atoms with Crippen molar-refractivity contribution in [1.29, 1.82) is 0 Å². The number of nitrogens with zero attached hydrogens (tertiary/aromatic N) is 1. The lowest BCUT2D eigenvalue weighted by molar-refractivity contribution is 0.321. The number of rotatable bonds is 6. The highest BCUT2D eigenvalue weighted by molar-refractivity contribution is 9.10. The van der Waals surface area contributed by atoms with E-state index in [1.165, 1.54) is 41.5 Å². The van der Waals surface area contributed by atoms with Crippen LogP contribution in [-0.2, 0) is 0 Å². The third kappa shape index (κ3) is 3.73. The quantitative estimate of drug-likeness (QED) is 0.836. The van der Waals surface area contributed by atoms with Crippen molar-refractivity contribution < 1.29 is 0 Å². The van der Waals surface area contributed by atoms with Crippen LogP contribution in [0.1, 0.15) is 44.7 Å². The summed E-state index contributed by atoms with van der Waals surface area (Å²) in [5.74, 6) is 0.907. The molecule has 0 spiro atoms. The van der Waals surface area contributed by atoms with Crippen molar-refractivity contribution in [3.8, 4) is 0 Å². The van der Waals surface area contributed by atoms with E-state index in [4.69, 9.17) is 0 Å². The summed E-state index contributed by atoms with van der Waals surface area (Å²) in [7, 11) is 2.20. The van der Waals surface area contributed by atoms with E-state index in [-0.39, 0.29) is 0 Å². The van der Waals surface area contributed by atoms with Gasteiger partial charge in [-0.25, -0.2) is 0 Å². The first-order valence-corrected chi connectivity index (χ1v) is 8.15. The van der Waals surface area contributed by atoms with Crippen molar-refractivity contribution in [2.45, 2.75) is 39.2 Å². The SMILES string of the molecule is CCNC(C)c1ccc(N(C)CC2CCC2)cc1Br. The summed E-state index contributed by atoms with van der Waals surface area (Å²) in [5, 5.41) is 3.46. The fraction of sp³-hybridized carbons (Fsp3) is 0.625. The monoisotopic (exact) mass is 324 g/mol. The van der Waals surface area contributed by atoms with E-state index in [0.29, 0.717) is 6.04 Å². The van der Waals surface area contributed by atoms with Crippen LogP contribution < -0.4 is 10.2 Å². The molecular formula is C16H25BrN2. The maximum atomic E-state index is 3.72. The number of benzene rings is 1. The summed E-state index contributed by atoms with van der Waals surface area (Å²) >= 11 is 3.72. The van der Waals surface area contributed by atoms with Crippen LogP contribution in [-0.4, -0.2) is 20.1 Å². The summed E-state index contributed by atoms with van der Waals surface area (Å²) in [6.07, 6.45) is 4.23. The van der Waals surface area contributed by atoms with E-state index in [2.05, 4.69) is 65.2 Å². The van der Waals surface area contributed by atoms with Crippen molar-refractivity contribution in [3.63, 3.8) is 0 Å². The Morgan fingerprint density at radius 1 is 1.42 bits per heavy atom. The molecule has 1 unspecified atom stereocenters. The highest BCUT2D eigenvalue weighted by Gasteiger charge is 2.19. The van der Waals surface area contributed by atoms with Gasteiger partial charge in [-0.05, 0) is 49.9 Å². The van der Waals surface area contributed by atoms with Gasteiger partial charge >= 0.3 is 0 Å². The molecule has 1 aliphatic rings. The van der Waals surface area contributed by atoms with E-state index in [1.54, 1.807) is 0 Å². The summed E-state index contributed by atoms with van der Waals surface area (Å²) in [6.45, 7) is 6.54. The van der Waals surface area contributed by atoms with Crippen LogP contribution in [0.3, 0.4) is 0 Å². The zero-order valence-electron chi connectivity index (χ0n) is 12.2. The fourth-order valence-corrected chi connectivity index (χ4v) is 3.40. The summed E-state index contributed by atoms with van der Waals surface area (Å²) in [6, 6.07) is 7.13. The molecule has 0 heterocycles. The predicted octanol–water partition coefficient (Wildman–Crippen LogP) is 4.36.